The van der Waals surface area contributed by atoms with Gasteiger partial charge in [0.25, 0.3) is 0 Å². The maximum absolute atomic E-state index is 11.2. The highest BCUT2D eigenvalue weighted by Gasteiger charge is 2.33. The number of carbonyl (C=O) groups is 1. The van der Waals surface area contributed by atoms with Crippen molar-refractivity contribution in [2.75, 3.05) is 18.0 Å². The normalized spacial score (nSPS) is 23.4. The van der Waals surface area contributed by atoms with Crippen LogP contribution in [0.15, 0.2) is 0 Å². The third kappa shape index (κ3) is 2.43. The molecule has 5 heteroatoms. The molecule has 0 radical (unpaired) electrons. The number of carboxylic acids is 1. The van der Waals surface area contributed by atoms with Crippen LogP contribution in [0.4, 0.5) is 5.13 Å². The zero-order chi connectivity index (χ0) is 14.3. The summed E-state index contributed by atoms with van der Waals surface area (Å²) >= 11 is 1.71. The Kier molecular flexibility index (Phi) is 3.71. The van der Waals surface area contributed by atoms with E-state index in [-0.39, 0.29) is 5.92 Å². The molecule has 1 N–H and O–H groups in total. The van der Waals surface area contributed by atoms with Gasteiger partial charge < -0.3 is 10.0 Å². The lowest BCUT2D eigenvalue weighted by atomic mass is 9.87. The molecule has 0 spiro atoms. The number of thiazole rings is 1. The predicted molar refractivity (Wildman–Crippen MR) is 80.6 cm³/mol. The fraction of sp³-hybridized carbons (Fsp3) is 0.733. The van der Waals surface area contributed by atoms with Gasteiger partial charge in [-0.1, -0.05) is 13.8 Å². The fourth-order valence-electron chi connectivity index (χ4n) is 3.35. The van der Waals surface area contributed by atoms with Gasteiger partial charge in [-0.25, -0.2) is 4.98 Å². The molecular formula is C15H22N2O2S. The second-order valence-corrected chi connectivity index (χ2v) is 7.36. The van der Waals surface area contributed by atoms with E-state index in [1.54, 1.807) is 11.3 Å². The Morgan fingerprint density at radius 3 is 2.65 bits per heavy atom. The van der Waals surface area contributed by atoms with Crippen LogP contribution in [0, 0.1) is 11.8 Å². The summed E-state index contributed by atoms with van der Waals surface area (Å²) in [6.45, 7) is 6.73. The van der Waals surface area contributed by atoms with Gasteiger partial charge in [-0.15, -0.1) is 11.3 Å². The molecule has 110 valence electrons. The lowest BCUT2D eigenvalue weighted by Crippen LogP contribution is -2.35. The largest absolute Gasteiger partial charge is 0.481 e. The summed E-state index contributed by atoms with van der Waals surface area (Å²) in [4.78, 5) is 19.4. The molecule has 3 rings (SSSR count). The van der Waals surface area contributed by atoms with Crippen LogP contribution in [-0.2, 0) is 11.2 Å². The number of nitrogens with zero attached hydrogens (tertiary/aromatic N) is 2. The second-order valence-electron chi connectivity index (χ2n) is 6.30. The first kappa shape index (κ1) is 13.9. The third-order valence-corrected chi connectivity index (χ3v) is 5.95. The first-order valence-corrected chi connectivity index (χ1v) is 8.35. The van der Waals surface area contributed by atoms with E-state index in [0.29, 0.717) is 0 Å². The number of aryl methyl sites for hydroxylation is 1. The van der Waals surface area contributed by atoms with Crippen molar-refractivity contribution >= 4 is 22.4 Å². The first-order valence-electron chi connectivity index (χ1n) is 7.53. The molecule has 1 saturated heterocycles. The van der Waals surface area contributed by atoms with E-state index in [1.807, 2.05) is 0 Å². The third-order valence-electron chi connectivity index (χ3n) is 4.76. The summed E-state index contributed by atoms with van der Waals surface area (Å²) in [5.41, 5.74) is 0.837. The standard InChI is InChI=1S/C15H22N2O2S/c1-9(2)10-5-7-17(8-6-10)15-16-13-11(14(18)19)3-4-12(13)20-15/h9-11H,3-8H2,1-2H3,(H,18,19). The Morgan fingerprint density at radius 1 is 1.35 bits per heavy atom. The van der Waals surface area contributed by atoms with Crippen LogP contribution in [0.5, 0.6) is 0 Å². The molecule has 1 fully saturated rings. The summed E-state index contributed by atoms with van der Waals surface area (Å²) in [5, 5.41) is 10.3. The average Bonchev–Trinajstić information content (AvgIpc) is 2.97. The van der Waals surface area contributed by atoms with Crippen LogP contribution < -0.4 is 4.90 Å². The maximum Gasteiger partial charge on any atom is 0.312 e. The van der Waals surface area contributed by atoms with E-state index in [4.69, 9.17) is 0 Å². The fourth-order valence-corrected chi connectivity index (χ4v) is 4.54. The first-order chi connectivity index (χ1) is 9.56. The highest BCUT2D eigenvalue weighted by Crippen LogP contribution is 2.40. The van der Waals surface area contributed by atoms with Crippen molar-refractivity contribution in [1.82, 2.24) is 4.98 Å². The number of anilines is 1. The van der Waals surface area contributed by atoms with Gasteiger partial charge >= 0.3 is 5.97 Å². The molecule has 1 aliphatic heterocycles. The van der Waals surface area contributed by atoms with Crippen LogP contribution in [0.1, 0.15) is 49.6 Å². The number of aromatic nitrogens is 1. The monoisotopic (exact) mass is 294 g/mol. The molecule has 1 unspecified atom stereocenters. The van der Waals surface area contributed by atoms with Gasteiger partial charge in [0.1, 0.15) is 5.92 Å². The lowest BCUT2D eigenvalue weighted by molar-refractivity contribution is -0.138. The van der Waals surface area contributed by atoms with Crippen LogP contribution in [-0.4, -0.2) is 29.1 Å². The molecule has 0 amide bonds. The number of hydrogen-bond acceptors (Lipinski definition) is 4. The Hall–Kier alpha value is -1.10. The van der Waals surface area contributed by atoms with E-state index in [1.165, 1.54) is 17.7 Å². The molecule has 1 aromatic heterocycles. The maximum atomic E-state index is 11.2. The molecule has 1 atom stereocenters. The number of piperidine rings is 1. The Morgan fingerprint density at radius 2 is 2.05 bits per heavy atom. The Labute approximate surface area is 123 Å². The number of rotatable bonds is 3. The number of carboxylic acid groups (broad SMARTS) is 1. The smallest absolute Gasteiger partial charge is 0.312 e. The van der Waals surface area contributed by atoms with Gasteiger partial charge in [0, 0.05) is 18.0 Å². The van der Waals surface area contributed by atoms with Crippen molar-refractivity contribution in [2.45, 2.75) is 45.4 Å². The van der Waals surface area contributed by atoms with Crippen molar-refractivity contribution in [3.05, 3.63) is 10.6 Å². The average molecular weight is 294 g/mol. The predicted octanol–water partition coefficient (Wildman–Crippen LogP) is 3.13. The van der Waals surface area contributed by atoms with E-state index < -0.39 is 5.97 Å². The van der Waals surface area contributed by atoms with Crippen LogP contribution in [0.2, 0.25) is 0 Å². The van der Waals surface area contributed by atoms with Gasteiger partial charge in [0.05, 0.1) is 5.69 Å². The molecule has 0 bridgehead atoms. The van der Waals surface area contributed by atoms with Gasteiger partial charge in [-0.3, -0.25) is 4.79 Å². The molecule has 1 aromatic rings. The number of fused-ring (bicyclic) bond motifs is 1. The van der Waals surface area contributed by atoms with Crippen molar-refractivity contribution in [2.24, 2.45) is 11.8 Å². The SMILES string of the molecule is CC(C)C1CCN(c2nc3c(s2)CCC3C(=O)O)CC1. The summed E-state index contributed by atoms with van der Waals surface area (Å²) in [5.74, 6) is 0.488. The van der Waals surface area contributed by atoms with Gasteiger partial charge in [0.2, 0.25) is 0 Å². The highest BCUT2D eigenvalue weighted by atomic mass is 32.1. The van der Waals surface area contributed by atoms with E-state index in [9.17, 15) is 9.90 Å². The second kappa shape index (κ2) is 5.35. The zero-order valence-electron chi connectivity index (χ0n) is 12.1. The lowest BCUT2D eigenvalue weighted by Gasteiger charge is -2.33. The molecule has 2 aliphatic rings. The van der Waals surface area contributed by atoms with E-state index >= 15 is 0 Å². The molecule has 1 aliphatic carbocycles. The minimum Gasteiger partial charge on any atom is -0.481 e. The molecule has 4 nitrogen and oxygen atoms in total. The molecule has 0 saturated carbocycles. The van der Waals surface area contributed by atoms with Crippen LogP contribution in [0.25, 0.3) is 0 Å². The summed E-state index contributed by atoms with van der Waals surface area (Å²) in [6, 6.07) is 0. The van der Waals surface area contributed by atoms with Crippen molar-refractivity contribution in [3.8, 4) is 0 Å². The van der Waals surface area contributed by atoms with Crippen LogP contribution >= 0.6 is 11.3 Å². The molecule has 20 heavy (non-hydrogen) atoms. The minimum atomic E-state index is -0.723. The Balaban J connectivity index is 1.71. The Bertz CT molecular complexity index is 504. The van der Waals surface area contributed by atoms with Gasteiger partial charge in [-0.2, -0.15) is 0 Å². The van der Waals surface area contributed by atoms with Gasteiger partial charge in [0.15, 0.2) is 5.13 Å². The van der Waals surface area contributed by atoms with Gasteiger partial charge in [-0.05, 0) is 37.5 Å². The van der Waals surface area contributed by atoms with E-state index in [2.05, 4.69) is 23.7 Å². The highest BCUT2D eigenvalue weighted by molar-refractivity contribution is 7.15. The zero-order valence-corrected chi connectivity index (χ0v) is 12.9. The van der Waals surface area contributed by atoms with Crippen molar-refractivity contribution < 1.29 is 9.90 Å². The minimum absolute atomic E-state index is 0.372. The summed E-state index contributed by atoms with van der Waals surface area (Å²) < 4.78 is 0. The number of hydrogen-bond donors (Lipinski definition) is 1. The quantitative estimate of drug-likeness (QED) is 0.930. The van der Waals surface area contributed by atoms with Crippen LogP contribution in [0.3, 0.4) is 0 Å². The van der Waals surface area contributed by atoms with Crippen molar-refractivity contribution in [3.63, 3.8) is 0 Å². The molecule has 0 aromatic carbocycles. The molecular weight excluding hydrogens is 272 g/mol. The summed E-state index contributed by atoms with van der Waals surface area (Å²) in [6.07, 6.45) is 4.06. The van der Waals surface area contributed by atoms with Crippen molar-refractivity contribution in [1.29, 1.82) is 0 Å². The topological polar surface area (TPSA) is 53.4 Å². The summed E-state index contributed by atoms with van der Waals surface area (Å²) in [7, 11) is 0. The van der Waals surface area contributed by atoms with E-state index in [0.717, 1.165) is 48.6 Å². The number of aliphatic carboxylic acids is 1. The molecule has 2 heterocycles.